The molecule has 0 aliphatic heterocycles. The number of rotatable bonds is 4. The van der Waals surface area contributed by atoms with Gasteiger partial charge in [-0.05, 0) is 48.8 Å². The van der Waals surface area contributed by atoms with Crippen molar-refractivity contribution in [3.05, 3.63) is 29.8 Å². The van der Waals surface area contributed by atoms with Gasteiger partial charge in [0.2, 0.25) is 5.91 Å². The highest BCUT2D eigenvalue weighted by Gasteiger charge is 2.49. The number of benzene rings is 1. The minimum Gasteiger partial charge on any atom is -0.481 e. The molecule has 0 bridgehead atoms. The highest BCUT2D eigenvalue weighted by atomic mass is 19.4. The Bertz CT molecular complexity index is 700. The molecule has 26 heavy (non-hydrogen) atoms. The Hall–Kier alpha value is -2.05. The van der Waals surface area contributed by atoms with Crippen LogP contribution in [0, 0.1) is 16.7 Å². The van der Waals surface area contributed by atoms with Crippen LogP contribution in [0.5, 0.6) is 0 Å². The van der Waals surface area contributed by atoms with E-state index in [4.69, 9.17) is 0 Å². The average molecular weight is 371 g/mol. The number of carboxylic acids is 1. The summed E-state index contributed by atoms with van der Waals surface area (Å²) in [6.07, 6.45) is -3.16. The van der Waals surface area contributed by atoms with Crippen molar-refractivity contribution in [2.75, 3.05) is 5.32 Å². The molecule has 0 heterocycles. The van der Waals surface area contributed by atoms with Crippen LogP contribution in [-0.2, 0) is 15.8 Å². The predicted octanol–water partition coefficient (Wildman–Crippen LogP) is 4.95. The minimum absolute atomic E-state index is 0.00785. The van der Waals surface area contributed by atoms with Gasteiger partial charge in [-0.3, -0.25) is 9.59 Å². The molecule has 1 saturated carbocycles. The summed E-state index contributed by atoms with van der Waals surface area (Å²) in [4.78, 5) is 24.4. The second-order valence-electron chi connectivity index (χ2n) is 8.24. The van der Waals surface area contributed by atoms with Crippen LogP contribution in [0.4, 0.5) is 18.9 Å². The van der Waals surface area contributed by atoms with Crippen LogP contribution in [0.3, 0.4) is 0 Å². The Labute approximate surface area is 150 Å². The molecule has 1 fully saturated rings. The van der Waals surface area contributed by atoms with Gasteiger partial charge in [0.15, 0.2) is 0 Å². The molecule has 0 saturated heterocycles. The van der Waals surface area contributed by atoms with Crippen LogP contribution in [0.1, 0.15) is 52.0 Å². The molecule has 4 nitrogen and oxygen atoms in total. The topological polar surface area (TPSA) is 66.4 Å². The standard InChI is InChI=1S/C19H24F3NO3/c1-12-8-17(2,3)11-18(9-12,16(25)26)10-15(24)23-14-6-4-5-13(7-14)19(20,21)22/h4-7,12H,8-11H2,1-3H3,(H,23,24)(H,25,26)/t12-,18-/m0/s1. The molecule has 1 aromatic rings. The zero-order valence-corrected chi connectivity index (χ0v) is 15.1. The molecule has 1 aromatic carbocycles. The monoisotopic (exact) mass is 371 g/mol. The van der Waals surface area contributed by atoms with E-state index < -0.39 is 29.0 Å². The van der Waals surface area contributed by atoms with Crippen molar-refractivity contribution >= 4 is 17.6 Å². The van der Waals surface area contributed by atoms with Crippen molar-refractivity contribution < 1.29 is 27.9 Å². The van der Waals surface area contributed by atoms with Crippen molar-refractivity contribution in [2.45, 2.75) is 52.6 Å². The maximum Gasteiger partial charge on any atom is 0.416 e. The van der Waals surface area contributed by atoms with E-state index >= 15 is 0 Å². The van der Waals surface area contributed by atoms with Gasteiger partial charge in [-0.25, -0.2) is 0 Å². The number of amides is 1. The maximum atomic E-state index is 12.8. The molecule has 1 aliphatic rings. The maximum absolute atomic E-state index is 12.8. The molecule has 0 spiro atoms. The number of halogens is 3. The fourth-order valence-corrected chi connectivity index (χ4v) is 4.40. The summed E-state index contributed by atoms with van der Waals surface area (Å²) in [5.74, 6) is -1.47. The summed E-state index contributed by atoms with van der Waals surface area (Å²) in [5.41, 5.74) is -2.27. The van der Waals surface area contributed by atoms with Gasteiger partial charge < -0.3 is 10.4 Å². The first-order valence-corrected chi connectivity index (χ1v) is 8.54. The Morgan fingerprint density at radius 2 is 1.92 bits per heavy atom. The van der Waals surface area contributed by atoms with E-state index in [0.29, 0.717) is 12.8 Å². The smallest absolute Gasteiger partial charge is 0.416 e. The van der Waals surface area contributed by atoms with Crippen LogP contribution < -0.4 is 5.32 Å². The highest BCUT2D eigenvalue weighted by molar-refractivity contribution is 5.94. The molecular formula is C19H24F3NO3. The SMILES string of the molecule is C[C@H]1CC(C)(C)C[C@](CC(=O)Nc2cccc(C(F)(F)F)c2)(C(=O)O)C1. The molecule has 2 N–H and O–H groups in total. The zero-order chi connectivity index (χ0) is 19.8. The van der Waals surface area contributed by atoms with Gasteiger partial charge in [-0.1, -0.05) is 26.8 Å². The van der Waals surface area contributed by atoms with E-state index in [1.165, 1.54) is 12.1 Å². The molecule has 7 heteroatoms. The fraction of sp³-hybridized carbons (Fsp3) is 0.579. The van der Waals surface area contributed by atoms with E-state index in [9.17, 15) is 27.9 Å². The summed E-state index contributed by atoms with van der Waals surface area (Å²) in [6.45, 7) is 5.92. The average Bonchev–Trinajstić information content (AvgIpc) is 2.43. The van der Waals surface area contributed by atoms with Gasteiger partial charge in [-0.2, -0.15) is 13.2 Å². The van der Waals surface area contributed by atoms with Crippen molar-refractivity contribution in [2.24, 2.45) is 16.7 Å². The van der Waals surface area contributed by atoms with Crippen molar-refractivity contribution in [1.82, 2.24) is 0 Å². The number of anilines is 1. The molecule has 0 unspecified atom stereocenters. The van der Waals surface area contributed by atoms with Crippen LogP contribution in [0.2, 0.25) is 0 Å². The van der Waals surface area contributed by atoms with Crippen LogP contribution >= 0.6 is 0 Å². The summed E-state index contributed by atoms with van der Waals surface area (Å²) < 4.78 is 38.3. The van der Waals surface area contributed by atoms with Crippen molar-refractivity contribution in [1.29, 1.82) is 0 Å². The third-order valence-electron chi connectivity index (χ3n) is 4.88. The van der Waals surface area contributed by atoms with Gasteiger partial charge >= 0.3 is 12.1 Å². The second kappa shape index (κ2) is 6.93. The number of alkyl halides is 3. The van der Waals surface area contributed by atoms with Gasteiger partial charge in [0.05, 0.1) is 11.0 Å². The summed E-state index contributed by atoms with van der Waals surface area (Å²) in [5, 5.41) is 12.2. The summed E-state index contributed by atoms with van der Waals surface area (Å²) in [7, 11) is 0. The Morgan fingerprint density at radius 1 is 1.27 bits per heavy atom. The lowest BCUT2D eigenvalue weighted by molar-refractivity contribution is -0.157. The molecular weight excluding hydrogens is 347 g/mol. The van der Waals surface area contributed by atoms with Crippen molar-refractivity contribution in [3.8, 4) is 0 Å². The van der Waals surface area contributed by atoms with Crippen LogP contribution in [-0.4, -0.2) is 17.0 Å². The first kappa shape index (κ1) is 20.3. The lowest BCUT2D eigenvalue weighted by Crippen LogP contribution is -2.44. The number of aliphatic carboxylic acids is 1. The van der Waals surface area contributed by atoms with E-state index in [1.807, 2.05) is 20.8 Å². The number of carbonyl (C=O) groups excluding carboxylic acids is 1. The van der Waals surface area contributed by atoms with Crippen LogP contribution in [0.15, 0.2) is 24.3 Å². The Morgan fingerprint density at radius 3 is 2.46 bits per heavy atom. The third kappa shape index (κ3) is 4.77. The number of carboxylic acid groups (broad SMARTS) is 1. The van der Waals surface area contributed by atoms with E-state index in [-0.39, 0.29) is 23.4 Å². The quantitative estimate of drug-likeness (QED) is 0.787. The number of carbonyl (C=O) groups is 2. The molecule has 1 amide bonds. The zero-order valence-electron chi connectivity index (χ0n) is 15.1. The molecule has 1 aliphatic carbocycles. The summed E-state index contributed by atoms with van der Waals surface area (Å²) >= 11 is 0. The minimum atomic E-state index is -4.51. The Balaban J connectivity index is 2.18. The van der Waals surface area contributed by atoms with E-state index in [2.05, 4.69) is 5.32 Å². The third-order valence-corrected chi connectivity index (χ3v) is 4.88. The summed E-state index contributed by atoms with van der Waals surface area (Å²) in [6, 6.07) is 4.32. The number of hydrogen-bond donors (Lipinski definition) is 2. The molecule has 2 atom stereocenters. The fourth-order valence-electron chi connectivity index (χ4n) is 4.40. The highest BCUT2D eigenvalue weighted by Crippen LogP contribution is 2.50. The number of nitrogens with one attached hydrogen (secondary N) is 1. The molecule has 2 rings (SSSR count). The van der Waals surface area contributed by atoms with E-state index in [1.54, 1.807) is 0 Å². The van der Waals surface area contributed by atoms with Gasteiger partial charge in [0, 0.05) is 12.1 Å². The predicted molar refractivity (Wildman–Crippen MR) is 91.6 cm³/mol. The first-order valence-electron chi connectivity index (χ1n) is 8.54. The largest absolute Gasteiger partial charge is 0.481 e. The molecule has 144 valence electrons. The lowest BCUT2D eigenvalue weighted by Gasteiger charge is -2.44. The van der Waals surface area contributed by atoms with Gasteiger partial charge in [0.1, 0.15) is 0 Å². The molecule has 0 aromatic heterocycles. The van der Waals surface area contributed by atoms with Gasteiger partial charge in [-0.15, -0.1) is 0 Å². The second-order valence-corrected chi connectivity index (χ2v) is 8.24. The molecule has 0 radical (unpaired) electrons. The van der Waals surface area contributed by atoms with Crippen LogP contribution in [0.25, 0.3) is 0 Å². The normalized spacial score (nSPS) is 25.5. The lowest BCUT2D eigenvalue weighted by atomic mass is 9.59. The van der Waals surface area contributed by atoms with Gasteiger partial charge in [0.25, 0.3) is 0 Å². The van der Waals surface area contributed by atoms with Crippen molar-refractivity contribution in [3.63, 3.8) is 0 Å². The van der Waals surface area contributed by atoms with E-state index in [0.717, 1.165) is 18.6 Å². The Kier molecular flexibility index (Phi) is 5.40. The first-order chi connectivity index (χ1) is 11.8. The number of hydrogen-bond acceptors (Lipinski definition) is 2.